The van der Waals surface area contributed by atoms with Crippen LogP contribution in [0.15, 0.2) is 0 Å². The van der Waals surface area contributed by atoms with Crippen LogP contribution in [0.3, 0.4) is 0 Å². The molecule has 0 radical (unpaired) electrons. The van der Waals surface area contributed by atoms with Crippen molar-refractivity contribution in [3.05, 3.63) is 19.9 Å². The van der Waals surface area contributed by atoms with Crippen LogP contribution in [0.25, 0.3) is 0 Å². The van der Waals surface area contributed by atoms with Gasteiger partial charge in [0.25, 0.3) is 0 Å². The van der Waals surface area contributed by atoms with Gasteiger partial charge in [0, 0.05) is 19.9 Å². The van der Waals surface area contributed by atoms with Gasteiger partial charge in [-0.2, -0.15) is 0 Å². The molecule has 156 valence electrons. The number of hydrogen-bond donors (Lipinski definition) is 10. The van der Waals surface area contributed by atoms with Crippen molar-refractivity contribution in [1.29, 1.82) is 0 Å². The zero-order valence-corrected chi connectivity index (χ0v) is 22.1. The van der Waals surface area contributed by atoms with Crippen LogP contribution in [0.1, 0.15) is 0 Å². The molecule has 0 amide bonds. The summed E-state index contributed by atoms with van der Waals surface area (Å²) in [4.78, 5) is 28.0. The topological polar surface area (TPSA) is 395 Å². The third-order valence-electron chi connectivity index (χ3n) is 0. The van der Waals surface area contributed by atoms with E-state index in [0.29, 0.717) is 0 Å². The Labute approximate surface area is 215 Å². The molecule has 17 N–H and O–H groups in total. The normalized spacial score (nSPS) is 1.83. The molecule has 24 heavy (non-hydrogen) atoms. The Hall–Kier alpha value is 2.56. The van der Waals surface area contributed by atoms with E-state index in [2.05, 4.69) is 0 Å². The third kappa shape index (κ3) is 2080. The molecule has 0 rings (SSSR count). The van der Waals surface area contributed by atoms with Crippen molar-refractivity contribution >= 4 is 49.5 Å². The Morgan fingerprint density at radius 3 is 0.458 bits per heavy atom. The average molecular weight is 672 g/mol. The second kappa shape index (κ2) is 2350. The molecule has 0 bridgehead atoms. The first-order valence-electron chi connectivity index (χ1n) is 1.47. The molecule has 0 atom stereocenters. The molecule has 0 aliphatic carbocycles. The molecule has 0 aromatic heterocycles. The van der Waals surface area contributed by atoms with Gasteiger partial charge in [0.1, 0.15) is 0 Å². The Bertz CT molecular complexity index is 27.0. The molecule has 0 aromatic rings. The maximum absolute atomic E-state index is 7.00. The van der Waals surface area contributed by atoms with Gasteiger partial charge < -0.3 is 47.3 Å². The summed E-state index contributed by atoms with van der Waals surface area (Å²) in [5.74, 6) is 0. The summed E-state index contributed by atoms with van der Waals surface area (Å²) in [6.45, 7) is 0. The van der Waals surface area contributed by atoms with Crippen LogP contribution in [0.5, 0.6) is 0 Å². The Morgan fingerprint density at radius 2 is 0.458 bits per heavy atom. The molecule has 0 aromatic carbocycles. The van der Waals surface area contributed by atoms with Crippen LogP contribution in [-0.2, 0) is 0 Å². The molecule has 0 heterocycles. The monoisotopic (exact) mass is 668 g/mol. The van der Waals surface area contributed by atoms with Gasteiger partial charge in [0.15, 0.2) is 0 Å². The molecule has 0 unspecified atom stereocenters. The van der Waals surface area contributed by atoms with Gasteiger partial charge in [-0.15, -0.1) is 17.0 Å². The van der Waals surface area contributed by atoms with Crippen molar-refractivity contribution in [3.8, 4) is 0 Å². The van der Waals surface area contributed by atoms with E-state index >= 15 is 0 Å². The summed E-state index contributed by atoms with van der Waals surface area (Å²) in [7, 11) is 0. The first-order chi connectivity index (χ1) is 8.00. The average Bonchev–Trinajstić information content (AvgIpc) is 2.54. The summed E-state index contributed by atoms with van der Waals surface area (Å²) < 4.78 is 13.6. The van der Waals surface area contributed by atoms with Crippen LogP contribution in [0, 0.1) is 19.9 Å². The molecule has 0 aliphatic heterocycles. The Morgan fingerprint density at radius 1 is 0.458 bits per heavy atom. The van der Waals surface area contributed by atoms with E-state index < -0.39 is 0 Å². The number of hydrogen-bond acceptors (Lipinski definition) is 15. The van der Waals surface area contributed by atoms with E-state index in [9.17, 15) is 0 Å². The van der Waals surface area contributed by atoms with Crippen LogP contribution in [0.2, 0.25) is 0 Å². The van der Waals surface area contributed by atoms with E-state index in [0.717, 1.165) is 0 Å². The van der Waals surface area contributed by atoms with E-state index in [1.807, 2.05) is 32.5 Å². The predicted molar refractivity (Wildman–Crippen MR) is 79.9 cm³/mol. The van der Waals surface area contributed by atoms with Crippen molar-refractivity contribution < 1.29 is 148 Å². The molecule has 0 saturated carbocycles. The van der Waals surface area contributed by atoms with E-state index in [4.69, 9.17) is 70.3 Å². The van der Waals surface area contributed by atoms with Crippen molar-refractivity contribution in [2.24, 2.45) is 0 Å². The van der Waals surface area contributed by atoms with Gasteiger partial charge in [-0.1, -0.05) is 0 Å². The van der Waals surface area contributed by atoms with Gasteiger partial charge in [0.05, 0.1) is 32.5 Å². The molecule has 18 nitrogen and oxygen atoms in total. The molecule has 0 aliphatic rings. The largest absolute Gasteiger partial charge is 1.00 e. The predicted octanol–water partition coefficient (Wildman–Crippen LogP) is -10.3. The quantitative estimate of drug-likeness (QED) is 0.0649. The SMILES string of the molecule is Br.O.O.O.O=O.O=O.OBr.OBr.OO.OO.OO.OO.[Br-].[Na+].[Na+].[OH-]. The molecule has 24 heteroatoms. The van der Waals surface area contributed by atoms with Crippen LogP contribution >= 0.6 is 49.5 Å². The maximum atomic E-state index is 7.00. The van der Waals surface area contributed by atoms with Gasteiger partial charge in [-0.3, -0.25) is 42.1 Å². The van der Waals surface area contributed by atoms with Gasteiger partial charge >= 0.3 is 59.1 Å². The van der Waals surface area contributed by atoms with Gasteiger partial charge in [-0.25, -0.2) is 0 Å². The van der Waals surface area contributed by atoms with E-state index in [1.54, 1.807) is 0 Å². The molecular weight excluding hydrogens is 654 g/mol. The summed E-state index contributed by atoms with van der Waals surface area (Å²) in [5.41, 5.74) is 0. The minimum atomic E-state index is 0. The van der Waals surface area contributed by atoms with Crippen molar-refractivity contribution in [3.63, 3.8) is 0 Å². The summed E-state index contributed by atoms with van der Waals surface area (Å²) >= 11 is 3.88. The van der Waals surface area contributed by atoms with E-state index in [1.165, 1.54) is 0 Å². The Balaban J connectivity index is -0.00000000208. The summed E-state index contributed by atoms with van der Waals surface area (Å²) in [5, 5.41) is 48.0. The van der Waals surface area contributed by atoms with E-state index in [-0.39, 0.29) is 115 Å². The maximum Gasteiger partial charge on any atom is 1.00 e. The fourth-order valence-corrected chi connectivity index (χ4v) is 0. The second-order valence-electron chi connectivity index (χ2n) is 0. The minimum absolute atomic E-state index is 0. The molecular formula is H18Br4Na2O18. The number of halogens is 4. The standard InChI is InChI=1S/2BrHO.2BrH.2Na.4H2O2.2O2.4H2O/c2*1-2;;;;;6*1-2;;;;/h2*2H;2*1H;;;4*1-2H;;;4*1H2/q;;;;2*+1;;;;;;;;;;/p-2. The fraction of sp³-hybridized carbons (Fsp3) is 0. The summed E-state index contributed by atoms with van der Waals surface area (Å²) in [6, 6.07) is 0. The number of rotatable bonds is 0. The zero-order chi connectivity index (χ0) is 16.0. The third-order valence-corrected chi connectivity index (χ3v) is 0. The van der Waals surface area contributed by atoms with Gasteiger partial charge in [-0.05, 0) is 0 Å². The first kappa shape index (κ1) is 156. The molecule has 0 spiro atoms. The Kier molecular flexibility index (Phi) is 15300. The van der Waals surface area contributed by atoms with Crippen LogP contribution in [0.4, 0.5) is 0 Å². The van der Waals surface area contributed by atoms with Gasteiger partial charge in [0.2, 0.25) is 0 Å². The van der Waals surface area contributed by atoms with Crippen molar-refractivity contribution in [2.45, 2.75) is 0 Å². The smallest absolute Gasteiger partial charge is 1.00 e. The van der Waals surface area contributed by atoms with Crippen LogP contribution in [-0.4, -0.2) is 72.4 Å². The van der Waals surface area contributed by atoms with Crippen molar-refractivity contribution in [2.75, 3.05) is 0 Å². The fourth-order valence-electron chi connectivity index (χ4n) is 0. The summed E-state index contributed by atoms with van der Waals surface area (Å²) in [6.07, 6.45) is 0. The zero-order valence-electron chi connectivity index (χ0n) is 11.6. The van der Waals surface area contributed by atoms with Crippen LogP contribution < -0.4 is 76.1 Å². The molecule has 0 fully saturated rings. The molecule has 0 saturated heterocycles. The minimum Gasteiger partial charge on any atom is -1.00 e. The van der Waals surface area contributed by atoms with Crippen molar-refractivity contribution in [1.82, 2.24) is 0 Å². The first-order valence-corrected chi connectivity index (χ1v) is 2.89. The second-order valence-corrected chi connectivity index (χ2v) is 0.